The second kappa shape index (κ2) is 5.93. The number of nitrogens with zero attached hydrogens (tertiary/aromatic N) is 2. The molecule has 1 unspecified atom stereocenters. The molecule has 2 aromatic rings. The summed E-state index contributed by atoms with van der Waals surface area (Å²) in [6.07, 6.45) is 1.05. The molecule has 0 spiro atoms. The van der Waals surface area contributed by atoms with Gasteiger partial charge in [-0.15, -0.1) is 0 Å². The summed E-state index contributed by atoms with van der Waals surface area (Å²) in [5.74, 6) is -1.38. The zero-order chi connectivity index (χ0) is 15.6. The Hall–Kier alpha value is -1.75. The maximum atomic E-state index is 13.3. The van der Waals surface area contributed by atoms with E-state index in [1.807, 2.05) is 24.6 Å². The molecule has 0 aliphatic carbocycles. The fourth-order valence-corrected chi connectivity index (χ4v) is 2.42. The van der Waals surface area contributed by atoms with Gasteiger partial charge < -0.3 is 5.11 Å². The number of halogens is 2. The standard InChI is InChI=1S/C16H20F2N2O/c1-4-14-9-15(20(5-2)19-14)10-16(3,21)11-6-12(17)8-13(18)7-11/h6-9,21H,4-5,10H2,1-3H3. The molecular formula is C16H20F2N2O. The highest BCUT2D eigenvalue weighted by atomic mass is 19.1. The molecule has 0 aliphatic heterocycles. The summed E-state index contributed by atoms with van der Waals surface area (Å²) in [5, 5.41) is 15.0. The molecule has 114 valence electrons. The van der Waals surface area contributed by atoms with E-state index >= 15 is 0 Å². The molecule has 0 saturated carbocycles. The Kier molecular flexibility index (Phi) is 4.42. The van der Waals surface area contributed by atoms with Crippen LogP contribution in [-0.2, 0) is 25.0 Å². The molecule has 1 heterocycles. The third-order valence-corrected chi connectivity index (χ3v) is 3.59. The lowest BCUT2D eigenvalue weighted by atomic mass is 9.90. The number of aliphatic hydroxyl groups is 1. The van der Waals surface area contributed by atoms with E-state index in [4.69, 9.17) is 0 Å². The minimum Gasteiger partial charge on any atom is -0.385 e. The van der Waals surface area contributed by atoms with Crippen LogP contribution >= 0.6 is 0 Å². The molecule has 1 aromatic heterocycles. The van der Waals surface area contributed by atoms with Gasteiger partial charge in [0, 0.05) is 24.7 Å². The molecule has 1 aromatic carbocycles. The fraction of sp³-hybridized carbons (Fsp3) is 0.438. The van der Waals surface area contributed by atoms with Crippen molar-refractivity contribution in [3.63, 3.8) is 0 Å². The maximum Gasteiger partial charge on any atom is 0.126 e. The van der Waals surface area contributed by atoms with Crippen molar-refractivity contribution >= 4 is 0 Å². The third kappa shape index (κ3) is 3.47. The van der Waals surface area contributed by atoms with Crippen molar-refractivity contribution in [1.82, 2.24) is 9.78 Å². The van der Waals surface area contributed by atoms with Gasteiger partial charge in [0.2, 0.25) is 0 Å². The highest BCUT2D eigenvalue weighted by molar-refractivity contribution is 5.26. The van der Waals surface area contributed by atoms with E-state index < -0.39 is 17.2 Å². The average molecular weight is 294 g/mol. The lowest BCUT2D eigenvalue weighted by Gasteiger charge is -2.24. The largest absolute Gasteiger partial charge is 0.385 e. The first-order valence-electron chi connectivity index (χ1n) is 7.10. The average Bonchev–Trinajstić information content (AvgIpc) is 2.79. The van der Waals surface area contributed by atoms with Gasteiger partial charge in [-0.1, -0.05) is 6.92 Å². The predicted octanol–water partition coefficient (Wildman–Crippen LogP) is 3.19. The molecule has 1 N–H and O–H groups in total. The Morgan fingerprint density at radius 2 is 1.76 bits per heavy atom. The van der Waals surface area contributed by atoms with Crippen LogP contribution in [0, 0.1) is 11.6 Å². The topological polar surface area (TPSA) is 38.0 Å². The predicted molar refractivity (Wildman–Crippen MR) is 76.9 cm³/mol. The minimum atomic E-state index is -1.36. The summed E-state index contributed by atoms with van der Waals surface area (Å²) < 4.78 is 28.5. The van der Waals surface area contributed by atoms with E-state index in [0.29, 0.717) is 6.54 Å². The molecule has 0 fully saturated rings. The number of benzene rings is 1. The van der Waals surface area contributed by atoms with Gasteiger partial charge in [-0.2, -0.15) is 5.10 Å². The Bertz CT molecular complexity index is 615. The quantitative estimate of drug-likeness (QED) is 0.919. The number of aromatic nitrogens is 2. The second-order valence-corrected chi connectivity index (χ2v) is 5.41. The van der Waals surface area contributed by atoms with Crippen molar-refractivity contribution in [2.24, 2.45) is 0 Å². The first-order chi connectivity index (χ1) is 9.85. The van der Waals surface area contributed by atoms with Crippen LogP contribution in [0.5, 0.6) is 0 Å². The van der Waals surface area contributed by atoms with Crippen molar-refractivity contribution in [3.05, 3.63) is 52.9 Å². The number of hydrogen-bond acceptors (Lipinski definition) is 2. The fourth-order valence-electron chi connectivity index (χ4n) is 2.42. The minimum absolute atomic E-state index is 0.224. The monoisotopic (exact) mass is 294 g/mol. The van der Waals surface area contributed by atoms with Gasteiger partial charge in [-0.25, -0.2) is 8.78 Å². The molecular weight excluding hydrogens is 274 g/mol. The number of rotatable bonds is 5. The van der Waals surface area contributed by atoms with E-state index in [2.05, 4.69) is 5.10 Å². The van der Waals surface area contributed by atoms with E-state index in [1.54, 1.807) is 6.92 Å². The normalized spacial score (nSPS) is 14.2. The van der Waals surface area contributed by atoms with Crippen molar-refractivity contribution in [1.29, 1.82) is 0 Å². The van der Waals surface area contributed by atoms with E-state index in [-0.39, 0.29) is 12.0 Å². The highest BCUT2D eigenvalue weighted by Crippen LogP contribution is 2.27. The SMILES string of the molecule is CCc1cc(CC(C)(O)c2cc(F)cc(F)c2)n(CC)n1. The third-order valence-electron chi connectivity index (χ3n) is 3.59. The van der Waals surface area contributed by atoms with Gasteiger partial charge in [0.25, 0.3) is 0 Å². The smallest absolute Gasteiger partial charge is 0.126 e. The van der Waals surface area contributed by atoms with Crippen LogP contribution in [0.3, 0.4) is 0 Å². The van der Waals surface area contributed by atoms with Crippen molar-refractivity contribution in [2.75, 3.05) is 0 Å². The molecule has 0 aliphatic rings. The van der Waals surface area contributed by atoms with Crippen LogP contribution < -0.4 is 0 Å². The van der Waals surface area contributed by atoms with Crippen LogP contribution in [0.25, 0.3) is 0 Å². The van der Waals surface area contributed by atoms with Crippen LogP contribution in [0.4, 0.5) is 8.78 Å². The molecule has 0 bridgehead atoms. The van der Waals surface area contributed by atoms with Gasteiger partial charge in [-0.05, 0) is 44.0 Å². The number of aryl methyl sites for hydroxylation is 2. The van der Waals surface area contributed by atoms with Crippen molar-refractivity contribution in [3.8, 4) is 0 Å². The molecule has 1 atom stereocenters. The number of hydrogen-bond donors (Lipinski definition) is 1. The van der Waals surface area contributed by atoms with Crippen LogP contribution in [-0.4, -0.2) is 14.9 Å². The first-order valence-corrected chi connectivity index (χ1v) is 7.10. The molecule has 2 rings (SSSR count). The Morgan fingerprint density at radius 1 is 1.14 bits per heavy atom. The Balaban J connectivity index is 2.34. The molecule has 21 heavy (non-hydrogen) atoms. The van der Waals surface area contributed by atoms with Crippen LogP contribution in [0.15, 0.2) is 24.3 Å². The molecule has 5 heteroatoms. The van der Waals surface area contributed by atoms with Gasteiger partial charge in [0.1, 0.15) is 11.6 Å². The van der Waals surface area contributed by atoms with Crippen molar-refractivity contribution in [2.45, 2.75) is 45.8 Å². The molecule has 0 radical (unpaired) electrons. The van der Waals surface area contributed by atoms with Crippen molar-refractivity contribution < 1.29 is 13.9 Å². The zero-order valence-corrected chi connectivity index (χ0v) is 12.5. The molecule has 3 nitrogen and oxygen atoms in total. The summed E-state index contributed by atoms with van der Waals surface area (Å²) in [7, 11) is 0. The summed E-state index contributed by atoms with van der Waals surface area (Å²) in [5.41, 5.74) is 0.653. The van der Waals surface area contributed by atoms with Gasteiger partial charge in [-0.3, -0.25) is 4.68 Å². The Labute approximate surface area is 123 Å². The summed E-state index contributed by atoms with van der Waals surface area (Å²) in [6, 6.07) is 5.05. The first kappa shape index (κ1) is 15.6. The van der Waals surface area contributed by atoms with E-state index in [0.717, 1.165) is 36.0 Å². The zero-order valence-electron chi connectivity index (χ0n) is 12.5. The maximum absolute atomic E-state index is 13.3. The summed E-state index contributed by atoms with van der Waals surface area (Å²) in [4.78, 5) is 0. The highest BCUT2D eigenvalue weighted by Gasteiger charge is 2.27. The van der Waals surface area contributed by atoms with E-state index in [9.17, 15) is 13.9 Å². The molecule has 0 saturated heterocycles. The molecule has 0 amide bonds. The van der Waals surface area contributed by atoms with Gasteiger partial charge in [0.05, 0.1) is 11.3 Å². The van der Waals surface area contributed by atoms with E-state index in [1.165, 1.54) is 0 Å². The van der Waals surface area contributed by atoms with Gasteiger partial charge >= 0.3 is 0 Å². The second-order valence-electron chi connectivity index (χ2n) is 5.41. The van der Waals surface area contributed by atoms with Crippen LogP contribution in [0.2, 0.25) is 0 Å². The lowest BCUT2D eigenvalue weighted by molar-refractivity contribution is 0.0547. The van der Waals surface area contributed by atoms with Crippen LogP contribution in [0.1, 0.15) is 37.7 Å². The summed E-state index contributed by atoms with van der Waals surface area (Å²) >= 11 is 0. The lowest BCUT2D eigenvalue weighted by Crippen LogP contribution is -2.26. The van der Waals surface area contributed by atoms with Gasteiger partial charge in [0.15, 0.2) is 0 Å². The summed E-state index contributed by atoms with van der Waals surface area (Å²) in [6.45, 7) is 6.21. The Morgan fingerprint density at radius 3 is 2.29 bits per heavy atom.